The van der Waals surface area contributed by atoms with E-state index in [1.165, 1.54) is 67.4 Å². The predicted molar refractivity (Wildman–Crippen MR) is 209 cm³/mol. The maximum atomic E-state index is 13.6. The molecule has 0 radical (unpaired) electrons. The van der Waals surface area contributed by atoms with Crippen LogP contribution in [-0.4, -0.2) is 47.2 Å². The zero-order chi connectivity index (χ0) is 36.0. The van der Waals surface area contributed by atoms with Crippen LogP contribution in [0.2, 0.25) is 0 Å². The molecule has 7 heteroatoms. The van der Waals surface area contributed by atoms with Crippen molar-refractivity contribution in [1.82, 2.24) is 10.2 Å². The standard InChI is InChI=1S/C43H57N3O3S/c1-8-30-10-16-35(17-11-30)36-20-18-34(19-21-36)32(9-2)25-44-28(3)33-14-12-31(13-15-33)24-38(42(49)46-26-37(27-46)29(4)47)45-41(48)39-22-23-40(50-39)43(5,6)7/h9,12-15,18,22-23,25,30,35-38,47H,3-4,8,10-11,16-17,19-21,24,26-27H2,1-2,5-7H3,(H,45,48)/b32-9+,44-25?. The van der Waals surface area contributed by atoms with E-state index in [2.05, 4.69) is 65.2 Å². The smallest absolute Gasteiger partial charge is 0.262 e. The Morgan fingerprint density at radius 2 is 1.74 bits per heavy atom. The van der Waals surface area contributed by atoms with Gasteiger partial charge in [-0.3, -0.25) is 14.6 Å². The van der Waals surface area contributed by atoms with Crippen LogP contribution in [0.5, 0.6) is 0 Å². The molecule has 1 aromatic carbocycles. The van der Waals surface area contributed by atoms with Crippen LogP contribution in [0.25, 0.3) is 5.70 Å². The van der Waals surface area contributed by atoms with Crippen molar-refractivity contribution in [2.45, 2.75) is 104 Å². The van der Waals surface area contributed by atoms with Crippen LogP contribution in [-0.2, 0) is 16.6 Å². The van der Waals surface area contributed by atoms with Gasteiger partial charge in [0.1, 0.15) is 6.04 Å². The van der Waals surface area contributed by atoms with E-state index in [9.17, 15) is 14.7 Å². The van der Waals surface area contributed by atoms with Crippen molar-refractivity contribution in [3.63, 3.8) is 0 Å². The molecule has 0 bridgehead atoms. The Kier molecular flexibility index (Phi) is 12.4. The van der Waals surface area contributed by atoms with Crippen molar-refractivity contribution in [3.05, 3.63) is 99.5 Å². The first-order valence-electron chi connectivity index (χ1n) is 18.6. The second-order valence-electron chi connectivity index (χ2n) is 15.7. The molecule has 2 amide bonds. The number of aliphatic imine (C=N–C) groups is 1. The van der Waals surface area contributed by atoms with Crippen LogP contribution < -0.4 is 5.32 Å². The molecule has 268 valence electrons. The van der Waals surface area contributed by atoms with Gasteiger partial charge >= 0.3 is 0 Å². The number of carbonyl (C=O) groups is 2. The van der Waals surface area contributed by atoms with Gasteiger partial charge in [0.2, 0.25) is 5.91 Å². The number of aliphatic hydroxyl groups is 1. The van der Waals surface area contributed by atoms with Crippen LogP contribution in [0, 0.1) is 23.7 Å². The lowest BCUT2D eigenvalue weighted by molar-refractivity contribution is -0.139. The highest BCUT2D eigenvalue weighted by molar-refractivity contribution is 7.14. The number of hydrogen-bond acceptors (Lipinski definition) is 5. The van der Waals surface area contributed by atoms with Gasteiger partial charge < -0.3 is 15.3 Å². The number of carbonyl (C=O) groups excluding carboxylic acids is 2. The van der Waals surface area contributed by atoms with Crippen molar-refractivity contribution in [2.24, 2.45) is 28.7 Å². The summed E-state index contributed by atoms with van der Waals surface area (Å²) in [6.07, 6.45) is 17.4. The molecule has 2 atom stereocenters. The number of allylic oxidation sites excluding steroid dienone is 4. The molecule has 1 aliphatic heterocycles. The Labute approximate surface area is 304 Å². The Morgan fingerprint density at radius 1 is 1.04 bits per heavy atom. The summed E-state index contributed by atoms with van der Waals surface area (Å²) in [4.78, 5) is 35.1. The van der Waals surface area contributed by atoms with Crippen molar-refractivity contribution in [2.75, 3.05) is 13.1 Å². The summed E-state index contributed by atoms with van der Waals surface area (Å²) in [6.45, 7) is 19.4. The lowest BCUT2D eigenvalue weighted by Crippen LogP contribution is -2.57. The van der Waals surface area contributed by atoms with Crippen LogP contribution in [0.3, 0.4) is 0 Å². The Bertz CT molecular complexity index is 1630. The van der Waals surface area contributed by atoms with Crippen molar-refractivity contribution in [3.8, 4) is 0 Å². The molecule has 2 fully saturated rings. The molecule has 2 N–H and O–H groups in total. The third-order valence-corrected chi connectivity index (χ3v) is 12.7. The minimum Gasteiger partial charge on any atom is -0.513 e. The quantitative estimate of drug-likeness (QED) is 0.171. The van der Waals surface area contributed by atoms with E-state index < -0.39 is 6.04 Å². The average Bonchev–Trinajstić information content (AvgIpc) is 3.60. The van der Waals surface area contributed by atoms with Gasteiger partial charge in [0.05, 0.1) is 22.3 Å². The maximum absolute atomic E-state index is 13.6. The largest absolute Gasteiger partial charge is 0.513 e. The molecule has 2 unspecified atom stereocenters. The monoisotopic (exact) mass is 695 g/mol. The Hall–Kier alpha value is -3.71. The molecule has 1 saturated carbocycles. The lowest BCUT2D eigenvalue weighted by Gasteiger charge is -2.40. The number of likely N-dealkylation sites (tertiary alicyclic amines) is 1. The second kappa shape index (κ2) is 16.5. The zero-order valence-electron chi connectivity index (χ0n) is 30.8. The van der Waals surface area contributed by atoms with E-state index in [0.29, 0.717) is 30.1 Å². The third-order valence-electron chi connectivity index (χ3n) is 11.2. The van der Waals surface area contributed by atoms with Gasteiger partial charge in [-0.05, 0) is 96.6 Å². The molecule has 3 aliphatic rings. The second-order valence-corrected chi connectivity index (χ2v) is 16.8. The van der Waals surface area contributed by atoms with Gasteiger partial charge in [-0.2, -0.15) is 0 Å². The van der Waals surface area contributed by atoms with Crippen LogP contribution in [0.4, 0.5) is 0 Å². The molecule has 50 heavy (non-hydrogen) atoms. The Morgan fingerprint density at radius 3 is 2.30 bits per heavy atom. The highest BCUT2D eigenvalue weighted by atomic mass is 32.1. The number of nitrogens with one attached hydrogen (secondary N) is 1. The third kappa shape index (κ3) is 9.34. The molecule has 2 aromatic rings. The Balaban J connectivity index is 1.20. The van der Waals surface area contributed by atoms with Gasteiger partial charge in [0.25, 0.3) is 5.91 Å². The number of amides is 2. The first-order valence-corrected chi connectivity index (χ1v) is 19.4. The van der Waals surface area contributed by atoms with E-state index in [0.717, 1.165) is 40.2 Å². The average molecular weight is 696 g/mol. The van der Waals surface area contributed by atoms with E-state index >= 15 is 0 Å². The van der Waals surface area contributed by atoms with E-state index in [1.54, 1.807) is 4.90 Å². The summed E-state index contributed by atoms with van der Waals surface area (Å²) in [6, 6.07) is 11.0. The van der Waals surface area contributed by atoms with Gasteiger partial charge in [-0.25, -0.2) is 0 Å². The molecule has 1 aromatic heterocycles. The van der Waals surface area contributed by atoms with Crippen LogP contribution in [0.1, 0.15) is 112 Å². The van der Waals surface area contributed by atoms with Gasteiger partial charge in [0.15, 0.2) is 0 Å². The van der Waals surface area contributed by atoms with E-state index in [4.69, 9.17) is 4.99 Å². The minimum atomic E-state index is -0.741. The van der Waals surface area contributed by atoms with E-state index in [1.807, 2.05) is 42.6 Å². The molecular formula is C43H57N3O3S. The fourth-order valence-electron chi connectivity index (χ4n) is 7.63. The first kappa shape index (κ1) is 37.5. The fourth-order valence-corrected chi connectivity index (χ4v) is 8.60. The van der Waals surface area contributed by atoms with Crippen molar-refractivity contribution < 1.29 is 14.7 Å². The number of nitrogens with zero attached hydrogens (tertiary/aromatic N) is 2. The summed E-state index contributed by atoms with van der Waals surface area (Å²) >= 11 is 1.46. The molecule has 1 saturated heterocycles. The lowest BCUT2D eigenvalue weighted by atomic mass is 9.70. The highest BCUT2D eigenvalue weighted by Gasteiger charge is 2.37. The van der Waals surface area contributed by atoms with Gasteiger partial charge in [-0.1, -0.05) is 96.5 Å². The van der Waals surface area contributed by atoms with Crippen molar-refractivity contribution >= 4 is 35.1 Å². The number of rotatable bonds is 12. The highest BCUT2D eigenvalue weighted by Crippen LogP contribution is 2.41. The zero-order valence-corrected chi connectivity index (χ0v) is 31.7. The molecular weight excluding hydrogens is 639 g/mol. The van der Waals surface area contributed by atoms with E-state index in [-0.39, 0.29) is 28.9 Å². The topological polar surface area (TPSA) is 82.0 Å². The SMILES string of the molecule is C=C(N=C/C(=C\C)C1=CCC(C2CCC(CC)CC2)CC1)c1ccc(CC(NC(=O)c2ccc(C(C)(C)C)s2)C(=O)N2CC(C(=C)O)C2)cc1. The summed E-state index contributed by atoms with van der Waals surface area (Å²) in [7, 11) is 0. The fraction of sp³-hybridized carbons (Fsp3) is 0.512. The summed E-state index contributed by atoms with van der Waals surface area (Å²) < 4.78 is 0. The number of benzene rings is 1. The number of hydrogen-bond donors (Lipinski definition) is 2. The minimum absolute atomic E-state index is 0.0638. The molecule has 2 heterocycles. The molecule has 5 rings (SSSR count). The van der Waals surface area contributed by atoms with Crippen molar-refractivity contribution in [1.29, 1.82) is 0 Å². The maximum Gasteiger partial charge on any atom is 0.262 e. The summed E-state index contributed by atoms with van der Waals surface area (Å²) in [5.41, 5.74) is 5.02. The molecule has 0 spiro atoms. The summed E-state index contributed by atoms with van der Waals surface area (Å²) in [5.74, 6) is 2.21. The number of thiophene rings is 1. The van der Waals surface area contributed by atoms with Crippen LogP contribution in [0.15, 0.2) is 83.6 Å². The number of aliphatic hydroxyl groups excluding tert-OH is 1. The van der Waals surface area contributed by atoms with Gasteiger partial charge in [-0.15, -0.1) is 11.3 Å². The predicted octanol–water partition coefficient (Wildman–Crippen LogP) is 9.85. The first-order chi connectivity index (χ1) is 23.9. The van der Waals surface area contributed by atoms with Gasteiger partial charge in [0, 0.05) is 30.6 Å². The normalized spacial score (nSPS) is 22.5. The molecule has 2 aliphatic carbocycles. The van der Waals surface area contributed by atoms with Crippen LogP contribution >= 0.6 is 11.3 Å². The molecule has 6 nitrogen and oxygen atoms in total. The summed E-state index contributed by atoms with van der Waals surface area (Å²) in [5, 5.41) is 12.8.